The van der Waals surface area contributed by atoms with E-state index in [9.17, 15) is 18.4 Å². The van der Waals surface area contributed by atoms with Gasteiger partial charge in [0.25, 0.3) is 6.43 Å². The molecule has 17 heavy (non-hydrogen) atoms. The average Bonchev–Trinajstić information content (AvgIpc) is 2.63. The Morgan fingerprint density at radius 2 is 2.12 bits per heavy atom. The molecule has 1 saturated carbocycles. The van der Waals surface area contributed by atoms with Crippen molar-refractivity contribution in [2.45, 2.75) is 31.7 Å². The summed E-state index contributed by atoms with van der Waals surface area (Å²) in [5.41, 5.74) is 0. The van der Waals surface area contributed by atoms with Crippen LogP contribution in [-0.4, -0.2) is 31.5 Å². The molecule has 2 atom stereocenters. The Labute approximate surface area is 114 Å². The van der Waals surface area contributed by atoms with E-state index in [0.717, 1.165) is 0 Å². The van der Waals surface area contributed by atoms with Crippen LogP contribution in [-0.2, 0) is 35.4 Å². The monoisotopic (exact) mass is 420 g/mol. The van der Waals surface area contributed by atoms with Gasteiger partial charge in [-0.2, -0.15) is 0 Å². The number of hydrogen-bond acceptors (Lipinski definition) is 3. The van der Waals surface area contributed by atoms with E-state index in [4.69, 9.17) is 0 Å². The molecule has 0 heterocycles. The fraction of sp³-hybridized carbons (Fsp3) is 0.700. The van der Waals surface area contributed by atoms with Crippen LogP contribution in [0.1, 0.15) is 19.3 Å². The van der Waals surface area contributed by atoms with Crippen LogP contribution >= 0.6 is 0 Å². The zero-order valence-electron chi connectivity index (χ0n) is 9.53. The van der Waals surface area contributed by atoms with Crippen molar-refractivity contribution in [3.05, 3.63) is 7.43 Å². The van der Waals surface area contributed by atoms with Crippen LogP contribution in [0.2, 0.25) is 0 Å². The maximum Gasteiger partial charge on any atom is 0.309 e. The van der Waals surface area contributed by atoms with Crippen LogP contribution in [0.5, 0.6) is 0 Å². The van der Waals surface area contributed by atoms with Crippen LogP contribution in [0.25, 0.3) is 0 Å². The van der Waals surface area contributed by atoms with Crippen LogP contribution in [0, 0.1) is 13.3 Å². The molecule has 1 aliphatic rings. The molecule has 1 fully saturated rings. The summed E-state index contributed by atoms with van der Waals surface area (Å²) in [7, 11) is 0. The van der Waals surface area contributed by atoms with E-state index in [0.29, 0.717) is 25.7 Å². The third-order valence-corrected chi connectivity index (χ3v) is 2.42. The van der Waals surface area contributed by atoms with Gasteiger partial charge in [-0.25, -0.2) is 8.78 Å². The van der Waals surface area contributed by atoms with Gasteiger partial charge in [-0.3, -0.25) is 9.59 Å². The molecule has 0 aliphatic heterocycles. The molecular formula is C10H16F2NO3W-. The molecule has 1 N–H and O–H groups in total. The minimum absolute atomic E-state index is 0. The standard InChI is InChI=1S/C9H13F2NO3.CH3.W/c10-8(11)4-15-9(14)6-1-2-7(3-6)12-5-13;;/h5-8H,1-4H2,(H,12,13);1H3;/q;-1;. The molecule has 4 nitrogen and oxygen atoms in total. The van der Waals surface area contributed by atoms with Crippen LogP contribution < -0.4 is 5.32 Å². The van der Waals surface area contributed by atoms with E-state index in [-0.39, 0.29) is 40.5 Å². The zero-order chi connectivity index (χ0) is 11.3. The van der Waals surface area contributed by atoms with Crippen molar-refractivity contribution in [1.29, 1.82) is 0 Å². The van der Waals surface area contributed by atoms with Crippen LogP contribution in [0.3, 0.4) is 0 Å². The van der Waals surface area contributed by atoms with E-state index in [2.05, 4.69) is 10.1 Å². The van der Waals surface area contributed by atoms with Crippen molar-refractivity contribution in [1.82, 2.24) is 5.32 Å². The fourth-order valence-electron chi connectivity index (χ4n) is 1.71. The Kier molecular flexibility index (Phi) is 10.5. The van der Waals surface area contributed by atoms with Crippen molar-refractivity contribution < 1.29 is 44.2 Å². The first-order valence-corrected chi connectivity index (χ1v) is 4.78. The molecule has 0 aromatic heterocycles. The second kappa shape index (κ2) is 9.51. The average molecular weight is 420 g/mol. The number of ether oxygens (including phenoxy) is 1. The van der Waals surface area contributed by atoms with Gasteiger partial charge in [0.05, 0.1) is 5.92 Å². The molecule has 1 aliphatic carbocycles. The van der Waals surface area contributed by atoms with Gasteiger partial charge in [0.15, 0.2) is 6.61 Å². The maximum atomic E-state index is 11.7. The second-order valence-electron chi connectivity index (χ2n) is 3.51. The predicted octanol–water partition coefficient (Wildman–Crippen LogP) is 1.16. The number of nitrogens with one attached hydrogen (secondary N) is 1. The van der Waals surface area contributed by atoms with E-state index < -0.39 is 19.0 Å². The summed E-state index contributed by atoms with van der Waals surface area (Å²) in [6.07, 6.45) is -0.307. The summed E-state index contributed by atoms with van der Waals surface area (Å²) in [6, 6.07) is -0.0356. The van der Waals surface area contributed by atoms with E-state index in [1.165, 1.54) is 0 Å². The Bertz CT molecular complexity index is 242. The molecule has 0 aromatic carbocycles. The van der Waals surface area contributed by atoms with Crippen molar-refractivity contribution in [2.75, 3.05) is 6.61 Å². The summed E-state index contributed by atoms with van der Waals surface area (Å²) in [4.78, 5) is 21.4. The van der Waals surface area contributed by atoms with Crippen LogP contribution in [0.4, 0.5) is 8.78 Å². The molecule has 1 amide bonds. The molecule has 0 bridgehead atoms. The minimum atomic E-state index is -2.63. The van der Waals surface area contributed by atoms with Crippen molar-refractivity contribution in [2.24, 2.45) is 5.92 Å². The summed E-state index contributed by atoms with van der Waals surface area (Å²) < 4.78 is 27.9. The number of carbonyl (C=O) groups excluding carboxylic acids is 2. The number of carbonyl (C=O) groups is 2. The number of rotatable bonds is 5. The van der Waals surface area contributed by atoms with Crippen molar-refractivity contribution in [3.63, 3.8) is 0 Å². The zero-order valence-corrected chi connectivity index (χ0v) is 12.5. The van der Waals surface area contributed by atoms with E-state index >= 15 is 0 Å². The molecule has 0 radical (unpaired) electrons. The molecule has 0 aromatic rings. The topological polar surface area (TPSA) is 55.4 Å². The number of esters is 1. The van der Waals surface area contributed by atoms with Gasteiger partial charge >= 0.3 is 5.97 Å². The van der Waals surface area contributed by atoms with Crippen molar-refractivity contribution in [3.8, 4) is 0 Å². The van der Waals surface area contributed by atoms with Gasteiger partial charge in [0.1, 0.15) is 0 Å². The molecule has 1 rings (SSSR count). The third kappa shape index (κ3) is 6.71. The maximum absolute atomic E-state index is 11.7. The van der Waals surface area contributed by atoms with Gasteiger partial charge < -0.3 is 17.5 Å². The largest absolute Gasteiger partial charge is 0.459 e. The smallest absolute Gasteiger partial charge is 0.309 e. The SMILES string of the molecule is O=CNC1CCC(C(=O)OCC(F)F)C1.[CH3-].[W]. The Morgan fingerprint density at radius 3 is 2.65 bits per heavy atom. The van der Waals surface area contributed by atoms with Crippen molar-refractivity contribution >= 4 is 12.4 Å². The molecule has 0 saturated heterocycles. The first kappa shape index (κ1) is 18.8. The van der Waals surface area contributed by atoms with Gasteiger partial charge in [0, 0.05) is 27.1 Å². The van der Waals surface area contributed by atoms with E-state index in [1.54, 1.807) is 0 Å². The van der Waals surface area contributed by atoms with Gasteiger partial charge in [-0.05, 0) is 19.3 Å². The quantitative estimate of drug-likeness (QED) is 0.413. The molecule has 7 heteroatoms. The summed E-state index contributed by atoms with van der Waals surface area (Å²) in [5.74, 6) is -0.952. The molecule has 100 valence electrons. The number of hydrogen-bond donors (Lipinski definition) is 1. The Morgan fingerprint density at radius 1 is 1.47 bits per heavy atom. The number of amides is 1. The first-order chi connectivity index (χ1) is 7.13. The molecule has 0 spiro atoms. The summed E-state index contributed by atoms with van der Waals surface area (Å²) in [5, 5.41) is 2.56. The van der Waals surface area contributed by atoms with Gasteiger partial charge in [-0.1, -0.05) is 0 Å². The predicted molar refractivity (Wildman–Crippen MR) is 53.7 cm³/mol. The fourth-order valence-corrected chi connectivity index (χ4v) is 1.71. The first-order valence-electron chi connectivity index (χ1n) is 4.78. The van der Waals surface area contributed by atoms with E-state index in [1.807, 2.05) is 0 Å². The number of alkyl halides is 2. The van der Waals surface area contributed by atoms with Crippen LogP contribution in [0.15, 0.2) is 0 Å². The molecule has 2 unspecified atom stereocenters. The van der Waals surface area contributed by atoms with Gasteiger partial charge in [0.2, 0.25) is 6.41 Å². The summed E-state index contributed by atoms with van der Waals surface area (Å²) >= 11 is 0. The molecular weight excluding hydrogens is 404 g/mol. The Balaban J connectivity index is 0. The van der Waals surface area contributed by atoms with Gasteiger partial charge in [-0.15, -0.1) is 0 Å². The third-order valence-electron chi connectivity index (χ3n) is 2.42. The second-order valence-corrected chi connectivity index (χ2v) is 3.51. The number of halogens is 2. The normalized spacial score (nSPS) is 22.3. The Hall–Kier alpha value is -0.512. The summed E-state index contributed by atoms with van der Waals surface area (Å²) in [6.45, 7) is -0.846. The minimum Gasteiger partial charge on any atom is -0.459 e.